The summed E-state index contributed by atoms with van der Waals surface area (Å²) in [6.45, 7) is 22.9. The van der Waals surface area contributed by atoms with Crippen molar-refractivity contribution >= 4 is 47.0 Å². The number of esters is 1. The van der Waals surface area contributed by atoms with Crippen LogP contribution in [-0.2, 0) is 38.5 Å². The Kier molecular flexibility index (Phi) is 17.7. The van der Waals surface area contributed by atoms with Crippen LogP contribution in [0.3, 0.4) is 0 Å². The summed E-state index contributed by atoms with van der Waals surface area (Å²) in [7, 11) is 0. The molecule has 334 valence electrons. The molecule has 4 rings (SSSR count). The van der Waals surface area contributed by atoms with Gasteiger partial charge in [0.15, 0.2) is 22.8 Å². The first kappa shape index (κ1) is 50.3. The van der Waals surface area contributed by atoms with Crippen LogP contribution in [0.5, 0.6) is 5.75 Å². The van der Waals surface area contributed by atoms with Crippen molar-refractivity contribution in [3.8, 4) is 5.75 Å². The topological polar surface area (TPSA) is 116 Å². The summed E-state index contributed by atoms with van der Waals surface area (Å²) in [5.41, 5.74) is 6.11. The molecule has 0 radical (unpaired) electrons. The van der Waals surface area contributed by atoms with E-state index in [0.717, 1.165) is 61.6 Å². The van der Waals surface area contributed by atoms with Crippen LogP contribution in [-0.4, -0.2) is 52.0 Å². The second-order valence-electron chi connectivity index (χ2n) is 17.9. The number of carbonyl (C=O) groups excluding carboxylic acids is 3. The summed E-state index contributed by atoms with van der Waals surface area (Å²) in [6, 6.07) is 23.6. The van der Waals surface area contributed by atoms with E-state index in [1.807, 2.05) is 94.6 Å². The standard InChI is InChI=1S/C52H66O8S2/c1-31(37(7)46(53)41-16-20-43(61-13)21-17-41)14-15-39-25-33(3)45(34(4)26-39)29-59-52(11,12)50(57)58-30-62-44-22-18-42(19-23-44)47(54)38(8)32(2)24-40-27-35(5)48(36(6)28-40)60-51(9,10)49(55)56/h16-23,25-28,31-32,37-38H,14-15,24,29-30H2,1-13H3,(H,55,56). The number of ether oxygens (including phenoxy) is 3. The Morgan fingerprint density at radius 1 is 0.661 bits per heavy atom. The molecule has 0 spiro atoms. The minimum Gasteiger partial charge on any atom is -0.478 e. The Morgan fingerprint density at radius 3 is 1.65 bits per heavy atom. The van der Waals surface area contributed by atoms with Gasteiger partial charge in [0.2, 0.25) is 0 Å². The molecular formula is C52H66O8S2. The van der Waals surface area contributed by atoms with Gasteiger partial charge in [0.25, 0.3) is 0 Å². The van der Waals surface area contributed by atoms with Gasteiger partial charge in [-0.2, -0.15) is 0 Å². The zero-order valence-electron chi connectivity index (χ0n) is 38.9. The summed E-state index contributed by atoms with van der Waals surface area (Å²) in [4.78, 5) is 53.5. The van der Waals surface area contributed by atoms with Gasteiger partial charge in [0, 0.05) is 32.8 Å². The summed E-state index contributed by atoms with van der Waals surface area (Å²) < 4.78 is 17.7. The van der Waals surface area contributed by atoms with Crippen LogP contribution in [0.25, 0.3) is 0 Å². The quantitative estimate of drug-likeness (QED) is 0.0354. The van der Waals surface area contributed by atoms with Crippen LogP contribution in [0.2, 0.25) is 0 Å². The van der Waals surface area contributed by atoms with Crippen molar-refractivity contribution in [1.29, 1.82) is 0 Å². The van der Waals surface area contributed by atoms with Crippen LogP contribution in [0.15, 0.2) is 82.6 Å². The maximum atomic E-state index is 13.5. The largest absolute Gasteiger partial charge is 0.478 e. The molecule has 4 aromatic carbocycles. The molecule has 0 bridgehead atoms. The molecule has 4 atom stereocenters. The lowest BCUT2D eigenvalue weighted by atomic mass is 9.84. The van der Waals surface area contributed by atoms with E-state index in [1.54, 1.807) is 25.6 Å². The highest BCUT2D eigenvalue weighted by Crippen LogP contribution is 2.32. The molecule has 4 unspecified atom stereocenters. The van der Waals surface area contributed by atoms with Crippen molar-refractivity contribution in [3.05, 3.63) is 123 Å². The van der Waals surface area contributed by atoms with Gasteiger partial charge in [-0.05, 0) is 156 Å². The number of ketones is 2. The van der Waals surface area contributed by atoms with E-state index in [9.17, 15) is 24.3 Å². The number of hydrogen-bond acceptors (Lipinski definition) is 9. The van der Waals surface area contributed by atoms with Gasteiger partial charge < -0.3 is 19.3 Å². The minimum atomic E-state index is -1.35. The number of benzene rings is 4. The third-order valence-corrected chi connectivity index (χ3v) is 13.7. The number of carboxylic acids is 1. The molecule has 0 saturated heterocycles. The molecule has 8 nitrogen and oxygen atoms in total. The summed E-state index contributed by atoms with van der Waals surface area (Å²) >= 11 is 3.04. The highest BCUT2D eigenvalue weighted by molar-refractivity contribution is 7.99. The van der Waals surface area contributed by atoms with Crippen molar-refractivity contribution in [2.24, 2.45) is 23.7 Å². The zero-order valence-corrected chi connectivity index (χ0v) is 40.5. The number of hydrogen-bond donors (Lipinski definition) is 1. The van der Waals surface area contributed by atoms with Crippen LogP contribution in [0.4, 0.5) is 0 Å². The van der Waals surface area contributed by atoms with Gasteiger partial charge in [-0.3, -0.25) is 9.59 Å². The lowest BCUT2D eigenvalue weighted by Crippen LogP contribution is -2.38. The number of carbonyl (C=O) groups is 4. The first-order chi connectivity index (χ1) is 29.0. The van der Waals surface area contributed by atoms with Crippen LogP contribution in [0.1, 0.15) is 121 Å². The molecule has 62 heavy (non-hydrogen) atoms. The van der Waals surface area contributed by atoms with E-state index < -0.39 is 23.1 Å². The predicted molar refractivity (Wildman–Crippen MR) is 252 cm³/mol. The van der Waals surface area contributed by atoms with Crippen LogP contribution < -0.4 is 4.74 Å². The van der Waals surface area contributed by atoms with Crippen molar-refractivity contribution in [1.82, 2.24) is 0 Å². The summed E-state index contributed by atoms with van der Waals surface area (Å²) in [6.07, 6.45) is 4.48. The molecule has 0 saturated carbocycles. The number of Topliss-reactive ketones (excluding diaryl/α,β-unsaturated/α-hetero) is 2. The maximum Gasteiger partial charge on any atom is 0.347 e. The molecule has 0 aromatic heterocycles. The summed E-state index contributed by atoms with van der Waals surface area (Å²) in [5, 5.41) is 9.50. The number of carboxylic acid groups (broad SMARTS) is 1. The Balaban J connectivity index is 1.23. The molecule has 10 heteroatoms. The molecule has 0 heterocycles. The van der Waals surface area contributed by atoms with E-state index >= 15 is 0 Å². The Morgan fingerprint density at radius 2 is 1.15 bits per heavy atom. The van der Waals surface area contributed by atoms with Gasteiger partial charge in [0.05, 0.1) is 6.61 Å². The molecule has 1 N–H and O–H groups in total. The van der Waals surface area contributed by atoms with E-state index in [1.165, 1.54) is 31.2 Å². The lowest BCUT2D eigenvalue weighted by molar-refractivity contribution is -0.167. The maximum absolute atomic E-state index is 13.5. The first-order valence-corrected chi connectivity index (χ1v) is 23.6. The van der Waals surface area contributed by atoms with Crippen molar-refractivity contribution < 1.29 is 38.5 Å². The second kappa shape index (κ2) is 21.8. The zero-order chi connectivity index (χ0) is 46.1. The van der Waals surface area contributed by atoms with E-state index in [0.29, 0.717) is 17.7 Å². The van der Waals surface area contributed by atoms with Crippen LogP contribution >= 0.6 is 23.5 Å². The fraction of sp³-hybridized carbons (Fsp3) is 0.462. The van der Waals surface area contributed by atoms with Gasteiger partial charge in [-0.25, -0.2) is 9.59 Å². The molecule has 0 aliphatic heterocycles. The summed E-state index contributed by atoms with van der Waals surface area (Å²) in [5.74, 6) is -0.618. The van der Waals surface area contributed by atoms with Crippen LogP contribution in [0, 0.1) is 51.4 Å². The normalized spacial score (nSPS) is 13.8. The highest BCUT2D eigenvalue weighted by atomic mass is 32.2. The molecule has 0 fully saturated rings. The van der Waals surface area contributed by atoms with E-state index in [-0.39, 0.29) is 47.8 Å². The third-order valence-electron chi connectivity index (χ3n) is 12.1. The number of thioether (sulfide) groups is 2. The first-order valence-electron chi connectivity index (χ1n) is 21.4. The van der Waals surface area contributed by atoms with Crippen molar-refractivity contribution in [2.75, 3.05) is 12.2 Å². The second-order valence-corrected chi connectivity index (χ2v) is 19.8. The Hall–Kier alpha value is -4.38. The van der Waals surface area contributed by atoms with Gasteiger partial charge in [-0.15, -0.1) is 11.8 Å². The number of aryl methyl sites for hydroxylation is 5. The van der Waals surface area contributed by atoms with Crippen molar-refractivity contribution in [2.45, 2.75) is 130 Å². The van der Waals surface area contributed by atoms with Gasteiger partial charge in [-0.1, -0.05) is 88.0 Å². The average Bonchev–Trinajstić information content (AvgIpc) is 3.22. The molecular weight excluding hydrogens is 817 g/mol. The Labute approximate surface area is 378 Å². The smallest absolute Gasteiger partial charge is 0.347 e. The van der Waals surface area contributed by atoms with Gasteiger partial charge in [0.1, 0.15) is 11.7 Å². The fourth-order valence-corrected chi connectivity index (χ4v) is 8.45. The monoisotopic (exact) mass is 882 g/mol. The average molecular weight is 883 g/mol. The molecule has 4 aromatic rings. The Bertz CT molecular complexity index is 2160. The molecule has 0 aliphatic rings. The van der Waals surface area contributed by atoms with E-state index in [2.05, 4.69) is 39.8 Å². The fourth-order valence-electron chi connectivity index (χ4n) is 7.42. The number of aliphatic carboxylic acids is 1. The highest BCUT2D eigenvalue weighted by Gasteiger charge is 2.32. The lowest BCUT2D eigenvalue weighted by Gasteiger charge is -2.25. The van der Waals surface area contributed by atoms with Gasteiger partial charge >= 0.3 is 11.9 Å². The number of rotatable bonds is 22. The van der Waals surface area contributed by atoms with E-state index in [4.69, 9.17) is 14.2 Å². The SMILES string of the molecule is CSc1ccc(C(=O)C(C)C(C)CCc2cc(C)c(COC(C)(C)C(=O)OCSc3ccc(C(=O)C(C)C(C)Cc4cc(C)c(OC(C)(C)C(=O)O)c(C)c4)cc3)c(C)c2)cc1. The molecule has 0 aliphatic carbocycles. The predicted octanol–water partition coefficient (Wildman–Crippen LogP) is 12.3. The third kappa shape index (κ3) is 13.3. The molecule has 0 amide bonds. The van der Waals surface area contributed by atoms with Crippen molar-refractivity contribution in [3.63, 3.8) is 0 Å². The minimum absolute atomic E-state index is 0.0520.